The second-order valence-corrected chi connectivity index (χ2v) is 7.23. The van der Waals surface area contributed by atoms with Gasteiger partial charge >= 0.3 is 0 Å². The van der Waals surface area contributed by atoms with Gasteiger partial charge in [-0.25, -0.2) is 0 Å². The first-order valence-electron chi connectivity index (χ1n) is 7.13. The molecule has 1 aromatic rings. The Hall–Kier alpha value is -1.16. The van der Waals surface area contributed by atoms with E-state index in [1.807, 2.05) is 30.0 Å². The summed E-state index contributed by atoms with van der Waals surface area (Å²) in [5, 5.41) is 0. The maximum atomic E-state index is 12.4. The van der Waals surface area contributed by atoms with Gasteiger partial charge in [-0.05, 0) is 56.9 Å². The first-order chi connectivity index (χ1) is 9.49. The van der Waals surface area contributed by atoms with Crippen LogP contribution in [0.25, 0.3) is 0 Å². The van der Waals surface area contributed by atoms with Crippen LogP contribution in [0.4, 0.5) is 5.69 Å². The molecule has 0 radical (unpaired) electrons. The molecule has 1 amide bonds. The van der Waals surface area contributed by atoms with Crippen molar-refractivity contribution in [1.82, 2.24) is 0 Å². The number of rotatable bonds is 3. The molecule has 3 rings (SSSR count). The van der Waals surface area contributed by atoms with Gasteiger partial charge in [-0.15, -0.1) is 0 Å². The molecule has 0 saturated heterocycles. The van der Waals surface area contributed by atoms with Gasteiger partial charge in [-0.2, -0.15) is 0 Å². The van der Waals surface area contributed by atoms with E-state index in [0.717, 1.165) is 36.1 Å². The zero-order valence-corrected chi connectivity index (χ0v) is 13.3. The number of benzene rings is 1. The number of alkyl halides is 1. The lowest BCUT2D eigenvalue weighted by Gasteiger charge is -2.22. The predicted octanol–water partition coefficient (Wildman–Crippen LogP) is 3.34. The summed E-state index contributed by atoms with van der Waals surface area (Å²) in [6, 6.07) is 5.92. The number of nitrogens with zero attached hydrogens (tertiary/aromatic N) is 1. The predicted molar refractivity (Wildman–Crippen MR) is 82.5 cm³/mol. The van der Waals surface area contributed by atoms with Crippen LogP contribution < -0.4 is 4.90 Å². The number of hydrogen-bond acceptors (Lipinski definition) is 2. The highest BCUT2D eigenvalue weighted by Gasteiger charge is 2.39. The third kappa shape index (κ3) is 2.30. The highest BCUT2D eigenvalue weighted by molar-refractivity contribution is 9.10. The van der Waals surface area contributed by atoms with E-state index < -0.39 is 0 Å². The Labute approximate surface area is 127 Å². The van der Waals surface area contributed by atoms with Crippen LogP contribution in [0.3, 0.4) is 0 Å². The van der Waals surface area contributed by atoms with Crippen LogP contribution in [0.5, 0.6) is 0 Å². The summed E-state index contributed by atoms with van der Waals surface area (Å²) in [5.41, 5.74) is 2.83. The fraction of sp³-hybridized carbons (Fsp3) is 0.500. The van der Waals surface area contributed by atoms with Crippen molar-refractivity contribution >= 4 is 33.3 Å². The molecule has 1 saturated carbocycles. The van der Waals surface area contributed by atoms with Gasteiger partial charge in [-0.3, -0.25) is 9.59 Å². The van der Waals surface area contributed by atoms with Crippen LogP contribution in [0.2, 0.25) is 0 Å². The Bertz CT molecular complexity index is 578. The van der Waals surface area contributed by atoms with Crippen LogP contribution in [0, 0.1) is 5.92 Å². The number of ketones is 1. The summed E-state index contributed by atoms with van der Waals surface area (Å²) < 4.78 is 0. The van der Waals surface area contributed by atoms with Crippen LogP contribution in [0.15, 0.2) is 18.2 Å². The summed E-state index contributed by atoms with van der Waals surface area (Å²) >= 11 is 3.32. The smallest absolute Gasteiger partial charge is 0.230 e. The molecule has 0 spiro atoms. The van der Waals surface area contributed by atoms with E-state index in [1.165, 1.54) is 0 Å². The number of carbonyl (C=O) groups excluding carboxylic acids is 2. The Morgan fingerprint density at radius 1 is 1.35 bits per heavy atom. The van der Waals surface area contributed by atoms with Crippen molar-refractivity contribution in [1.29, 1.82) is 0 Å². The minimum atomic E-state index is -0.177. The van der Waals surface area contributed by atoms with Crippen molar-refractivity contribution in [2.75, 3.05) is 4.90 Å². The number of hydrogen-bond donors (Lipinski definition) is 0. The molecule has 106 valence electrons. The molecule has 0 aromatic heterocycles. The second kappa shape index (κ2) is 4.99. The van der Waals surface area contributed by atoms with Crippen molar-refractivity contribution in [3.63, 3.8) is 0 Å². The van der Waals surface area contributed by atoms with E-state index in [9.17, 15) is 9.59 Å². The molecule has 2 unspecified atom stereocenters. The standard InChI is InChI=1S/C16H18BrNO2/c1-9-7-13-8-12(15(19)10(2)17)5-6-14(13)18(9)16(20)11-3-4-11/h5-6,8-11H,3-4,7H2,1-2H3. The topological polar surface area (TPSA) is 37.4 Å². The molecule has 0 bridgehead atoms. The molecule has 0 N–H and O–H groups in total. The largest absolute Gasteiger partial charge is 0.309 e. The number of carbonyl (C=O) groups is 2. The number of halogens is 1. The Kier molecular flexibility index (Phi) is 3.44. The highest BCUT2D eigenvalue weighted by atomic mass is 79.9. The lowest BCUT2D eigenvalue weighted by Crippen LogP contribution is -2.36. The van der Waals surface area contributed by atoms with E-state index in [0.29, 0.717) is 0 Å². The monoisotopic (exact) mass is 335 g/mol. The Morgan fingerprint density at radius 2 is 2.05 bits per heavy atom. The van der Waals surface area contributed by atoms with E-state index >= 15 is 0 Å². The van der Waals surface area contributed by atoms with Gasteiger partial charge in [0.1, 0.15) is 0 Å². The molecule has 20 heavy (non-hydrogen) atoms. The number of amides is 1. The molecule has 2 aliphatic rings. The van der Waals surface area contributed by atoms with E-state index in [-0.39, 0.29) is 28.5 Å². The third-order valence-electron chi connectivity index (χ3n) is 4.10. The molecular weight excluding hydrogens is 318 g/mol. The van der Waals surface area contributed by atoms with E-state index in [2.05, 4.69) is 22.9 Å². The summed E-state index contributed by atoms with van der Waals surface area (Å²) in [4.78, 5) is 26.1. The average molecular weight is 336 g/mol. The summed E-state index contributed by atoms with van der Waals surface area (Å²) in [6.07, 6.45) is 2.88. The summed E-state index contributed by atoms with van der Waals surface area (Å²) in [7, 11) is 0. The number of Topliss-reactive ketones (excluding diaryl/α,β-unsaturated/α-hetero) is 1. The number of fused-ring (bicyclic) bond motifs is 1. The Morgan fingerprint density at radius 3 is 2.65 bits per heavy atom. The fourth-order valence-corrected chi connectivity index (χ4v) is 3.14. The van der Waals surface area contributed by atoms with Gasteiger partial charge < -0.3 is 4.90 Å². The van der Waals surface area contributed by atoms with Gasteiger partial charge in [0, 0.05) is 23.2 Å². The highest BCUT2D eigenvalue weighted by Crippen LogP contribution is 2.39. The van der Waals surface area contributed by atoms with Crippen molar-refractivity contribution in [2.24, 2.45) is 5.92 Å². The zero-order valence-electron chi connectivity index (χ0n) is 11.7. The minimum absolute atomic E-state index is 0.0902. The zero-order chi connectivity index (χ0) is 14.4. The van der Waals surface area contributed by atoms with E-state index in [4.69, 9.17) is 0 Å². The maximum Gasteiger partial charge on any atom is 0.230 e. The van der Waals surface area contributed by atoms with Gasteiger partial charge in [0.05, 0.1) is 4.83 Å². The van der Waals surface area contributed by atoms with Crippen molar-refractivity contribution in [3.8, 4) is 0 Å². The van der Waals surface area contributed by atoms with Crippen molar-refractivity contribution in [3.05, 3.63) is 29.3 Å². The molecule has 2 atom stereocenters. The van der Waals surface area contributed by atoms with Gasteiger partial charge in [0.2, 0.25) is 5.91 Å². The number of anilines is 1. The quantitative estimate of drug-likeness (QED) is 0.627. The normalized spacial score (nSPS) is 22.6. The molecular formula is C16H18BrNO2. The van der Waals surface area contributed by atoms with Crippen LogP contribution in [0.1, 0.15) is 42.6 Å². The van der Waals surface area contributed by atoms with Gasteiger partial charge in [0.15, 0.2) is 5.78 Å². The molecule has 1 aliphatic heterocycles. The SMILES string of the molecule is CC(Br)C(=O)c1ccc2c(c1)CC(C)N2C(=O)C1CC1. The first kappa shape index (κ1) is 13.8. The molecule has 1 aromatic carbocycles. The first-order valence-corrected chi connectivity index (χ1v) is 8.05. The van der Waals surface area contributed by atoms with Gasteiger partial charge in [0.25, 0.3) is 0 Å². The van der Waals surface area contributed by atoms with Gasteiger partial charge in [-0.1, -0.05) is 15.9 Å². The average Bonchev–Trinajstić information content (AvgIpc) is 3.19. The minimum Gasteiger partial charge on any atom is -0.309 e. The second-order valence-electron chi connectivity index (χ2n) is 5.86. The Balaban J connectivity index is 1.92. The van der Waals surface area contributed by atoms with Crippen molar-refractivity contribution in [2.45, 2.75) is 44.0 Å². The van der Waals surface area contributed by atoms with Crippen LogP contribution in [-0.2, 0) is 11.2 Å². The summed E-state index contributed by atoms with van der Waals surface area (Å²) in [6.45, 7) is 3.91. The lowest BCUT2D eigenvalue weighted by atomic mass is 10.0. The molecule has 1 aliphatic carbocycles. The molecule has 1 heterocycles. The van der Waals surface area contributed by atoms with Crippen molar-refractivity contribution < 1.29 is 9.59 Å². The summed E-state index contributed by atoms with van der Waals surface area (Å²) in [5.74, 6) is 0.573. The molecule has 3 nitrogen and oxygen atoms in total. The molecule has 4 heteroatoms. The van der Waals surface area contributed by atoms with Crippen LogP contribution in [-0.4, -0.2) is 22.6 Å². The lowest BCUT2D eigenvalue weighted by molar-refractivity contribution is -0.120. The van der Waals surface area contributed by atoms with Crippen LogP contribution >= 0.6 is 15.9 Å². The maximum absolute atomic E-state index is 12.4. The van der Waals surface area contributed by atoms with E-state index in [1.54, 1.807) is 0 Å². The third-order valence-corrected chi connectivity index (χ3v) is 4.52. The molecule has 1 fully saturated rings. The fourth-order valence-electron chi connectivity index (χ4n) is 2.88.